The van der Waals surface area contributed by atoms with Gasteiger partial charge in [0.25, 0.3) is 5.69 Å². The molecular weight excluding hydrogens is 424 g/mol. The number of hydrogen-bond donors (Lipinski definition) is 0. The van der Waals surface area contributed by atoms with Crippen molar-refractivity contribution < 1.29 is 9.72 Å². The molecule has 0 N–H and O–H groups in total. The van der Waals surface area contributed by atoms with Gasteiger partial charge in [0, 0.05) is 43.6 Å². The number of hydrogen-bond acceptors (Lipinski definition) is 5. The van der Waals surface area contributed by atoms with E-state index < -0.39 is 0 Å². The number of non-ortho nitro benzene ring substituents is 1. The molecule has 1 fully saturated rings. The third kappa shape index (κ3) is 4.96. The number of likely N-dealkylation sites (tertiary alicyclic amines) is 1. The fourth-order valence-electron chi connectivity index (χ4n) is 4.11. The van der Waals surface area contributed by atoms with E-state index in [9.17, 15) is 14.9 Å². The van der Waals surface area contributed by atoms with Crippen molar-refractivity contribution in [3.8, 4) is 11.3 Å². The number of amides is 1. The lowest BCUT2D eigenvalue weighted by Gasteiger charge is -2.16. The largest absolute Gasteiger partial charge is 0.343 e. The van der Waals surface area contributed by atoms with Crippen LogP contribution >= 0.6 is 11.3 Å². The Labute approximate surface area is 190 Å². The fraction of sp³-hybridized carbons (Fsp3) is 0.333. The molecule has 1 amide bonds. The Kier molecular flexibility index (Phi) is 6.50. The van der Waals surface area contributed by atoms with Gasteiger partial charge in [0.2, 0.25) is 5.91 Å². The number of thiazole rings is 1. The number of aryl methyl sites for hydroxylation is 2. The summed E-state index contributed by atoms with van der Waals surface area (Å²) >= 11 is 1.55. The molecule has 2 aromatic carbocycles. The smallest absolute Gasteiger partial charge is 0.269 e. The highest BCUT2D eigenvalue weighted by Crippen LogP contribution is 2.24. The molecule has 4 rings (SSSR count). The summed E-state index contributed by atoms with van der Waals surface area (Å²) in [6.45, 7) is 6.39. The number of aromatic nitrogens is 1. The first-order valence-electron chi connectivity index (χ1n) is 10.7. The third-order valence-electron chi connectivity index (χ3n) is 5.58. The molecule has 166 valence electrons. The number of benzene rings is 2. The minimum atomic E-state index is -0.390. The van der Waals surface area contributed by atoms with E-state index in [0.29, 0.717) is 13.0 Å². The lowest BCUT2D eigenvalue weighted by atomic mass is 10.1. The molecule has 1 aromatic heterocycles. The van der Waals surface area contributed by atoms with Gasteiger partial charge in [-0.25, -0.2) is 4.99 Å². The minimum Gasteiger partial charge on any atom is -0.343 e. The van der Waals surface area contributed by atoms with Gasteiger partial charge < -0.3 is 9.47 Å². The van der Waals surface area contributed by atoms with Crippen molar-refractivity contribution in [3.63, 3.8) is 0 Å². The Balaban J connectivity index is 1.68. The fourth-order valence-corrected chi connectivity index (χ4v) is 5.06. The molecule has 0 spiro atoms. The second-order valence-electron chi connectivity index (χ2n) is 8.15. The molecule has 0 aliphatic carbocycles. The summed E-state index contributed by atoms with van der Waals surface area (Å²) in [5.41, 5.74) is 5.18. The standard InChI is InChI=1S/C24H26N4O3S/c1-17-13-18(2)15-20(14-17)25-24-27(12-4-11-26-10-3-5-23(26)29)22(16-32-24)19-6-8-21(9-7-19)28(30)31/h6-9,13-16H,3-5,10-12H2,1-2H3. The van der Waals surface area contributed by atoms with Crippen molar-refractivity contribution in [3.05, 3.63) is 73.9 Å². The monoisotopic (exact) mass is 450 g/mol. The average Bonchev–Trinajstić information content (AvgIpc) is 3.33. The van der Waals surface area contributed by atoms with Crippen molar-refractivity contribution >= 4 is 28.6 Å². The molecule has 8 heteroatoms. The van der Waals surface area contributed by atoms with Crippen LogP contribution in [0.15, 0.2) is 52.8 Å². The zero-order valence-corrected chi connectivity index (χ0v) is 19.1. The zero-order valence-electron chi connectivity index (χ0n) is 18.3. The van der Waals surface area contributed by atoms with Gasteiger partial charge in [0.15, 0.2) is 4.80 Å². The molecule has 2 heterocycles. The van der Waals surface area contributed by atoms with E-state index >= 15 is 0 Å². The summed E-state index contributed by atoms with van der Waals surface area (Å²) in [5, 5.41) is 13.1. The maximum atomic E-state index is 12.0. The van der Waals surface area contributed by atoms with Gasteiger partial charge in [0.1, 0.15) is 0 Å². The molecule has 7 nitrogen and oxygen atoms in total. The van der Waals surface area contributed by atoms with Crippen LogP contribution in [0.4, 0.5) is 11.4 Å². The molecule has 0 saturated carbocycles. The van der Waals surface area contributed by atoms with Crippen LogP contribution in [-0.4, -0.2) is 33.4 Å². The lowest BCUT2D eigenvalue weighted by Crippen LogP contribution is -2.27. The van der Waals surface area contributed by atoms with Crippen molar-refractivity contribution in [1.29, 1.82) is 0 Å². The molecule has 1 aliphatic rings. The molecule has 0 bridgehead atoms. The van der Waals surface area contributed by atoms with Crippen molar-refractivity contribution in [1.82, 2.24) is 9.47 Å². The molecule has 1 saturated heterocycles. The van der Waals surface area contributed by atoms with Crippen LogP contribution in [0.2, 0.25) is 0 Å². The number of rotatable bonds is 7. The number of nitrogens with zero attached hydrogens (tertiary/aromatic N) is 4. The SMILES string of the molecule is Cc1cc(C)cc(N=c2scc(-c3ccc([N+](=O)[O-])cc3)n2CCCN2CCCC2=O)c1. The summed E-state index contributed by atoms with van der Waals surface area (Å²) in [6.07, 6.45) is 2.40. The van der Waals surface area contributed by atoms with Crippen LogP contribution in [-0.2, 0) is 11.3 Å². The second-order valence-corrected chi connectivity index (χ2v) is 8.99. The lowest BCUT2D eigenvalue weighted by molar-refractivity contribution is -0.384. The van der Waals surface area contributed by atoms with Gasteiger partial charge in [0.05, 0.1) is 16.3 Å². The van der Waals surface area contributed by atoms with E-state index in [-0.39, 0.29) is 16.5 Å². The number of nitro groups is 1. The van der Waals surface area contributed by atoms with Gasteiger partial charge >= 0.3 is 0 Å². The molecule has 0 atom stereocenters. The van der Waals surface area contributed by atoms with Crippen LogP contribution in [0.1, 0.15) is 30.4 Å². The molecule has 1 aliphatic heterocycles. The Bertz CT molecular complexity index is 1190. The number of nitro benzene ring substituents is 1. The van der Waals surface area contributed by atoms with Crippen LogP contribution in [0.5, 0.6) is 0 Å². The maximum absolute atomic E-state index is 12.0. The predicted molar refractivity (Wildman–Crippen MR) is 126 cm³/mol. The first-order chi connectivity index (χ1) is 15.4. The van der Waals surface area contributed by atoms with Crippen LogP contribution in [0.25, 0.3) is 11.3 Å². The second kappa shape index (κ2) is 9.48. The van der Waals surface area contributed by atoms with E-state index in [0.717, 1.165) is 58.8 Å². The van der Waals surface area contributed by atoms with Crippen molar-refractivity contribution in [2.24, 2.45) is 4.99 Å². The highest BCUT2D eigenvalue weighted by atomic mass is 32.1. The number of carbonyl (C=O) groups excluding carboxylic acids is 1. The first-order valence-corrected chi connectivity index (χ1v) is 11.6. The summed E-state index contributed by atoms with van der Waals surface area (Å²) < 4.78 is 2.16. The Morgan fingerprint density at radius 2 is 1.81 bits per heavy atom. The molecular formula is C24H26N4O3S. The summed E-state index contributed by atoms with van der Waals surface area (Å²) in [6, 6.07) is 12.9. The van der Waals surface area contributed by atoms with Crippen molar-refractivity contribution in [2.45, 2.75) is 39.7 Å². The quantitative estimate of drug-likeness (QED) is 0.376. The van der Waals surface area contributed by atoms with Gasteiger partial charge in [-0.2, -0.15) is 0 Å². The third-order valence-corrected chi connectivity index (χ3v) is 6.45. The summed E-state index contributed by atoms with van der Waals surface area (Å²) in [4.78, 5) is 30.3. The van der Waals surface area contributed by atoms with Gasteiger partial charge in [-0.1, -0.05) is 6.07 Å². The minimum absolute atomic E-state index is 0.0724. The van der Waals surface area contributed by atoms with E-state index in [1.165, 1.54) is 12.1 Å². The first kappa shape index (κ1) is 22.0. The molecule has 0 radical (unpaired) electrons. The van der Waals surface area contributed by atoms with Crippen LogP contribution in [0, 0.1) is 24.0 Å². The molecule has 0 unspecified atom stereocenters. The number of carbonyl (C=O) groups is 1. The highest BCUT2D eigenvalue weighted by molar-refractivity contribution is 7.07. The van der Waals surface area contributed by atoms with E-state index in [2.05, 4.69) is 36.6 Å². The normalized spacial score (nSPS) is 14.4. The topological polar surface area (TPSA) is 80.7 Å². The maximum Gasteiger partial charge on any atom is 0.269 e. The molecule has 3 aromatic rings. The van der Waals surface area contributed by atoms with Gasteiger partial charge in [-0.15, -0.1) is 11.3 Å². The van der Waals surface area contributed by atoms with Crippen LogP contribution < -0.4 is 4.80 Å². The van der Waals surface area contributed by atoms with E-state index in [1.54, 1.807) is 23.5 Å². The van der Waals surface area contributed by atoms with E-state index in [1.807, 2.05) is 10.3 Å². The average molecular weight is 451 g/mol. The summed E-state index contributed by atoms with van der Waals surface area (Å²) in [5.74, 6) is 0.232. The molecule has 32 heavy (non-hydrogen) atoms. The Morgan fingerprint density at radius 1 is 1.09 bits per heavy atom. The van der Waals surface area contributed by atoms with E-state index in [4.69, 9.17) is 4.99 Å². The zero-order chi connectivity index (χ0) is 22.7. The highest BCUT2D eigenvalue weighted by Gasteiger charge is 2.19. The van der Waals surface area contributed by atoms with Crippen molar-refractivity contribution in [2.75, 3.05) is 13.1 Å². The predicted octanol–water partition coefficient (Wildman–Crippen LogP) is 4.99. The van der Waals surface area contributed by atoms with Gasteiger partial charge in [-0.3, -0.25) is 14.9 Å². The Morgan fingerprint density at radius 3 is 2.44 bits per heavy atom. The summed E-state index contributed by atoms with van der Waals surface area (Å²) in [7, 11) is 0. The Hall–Kier alpha value is -3.26. The van der Waals surface area contributed by atoms with Gasteiger partial charge in [-0.05, 0) is 67.6 Å². The van der Waals surface area contributed by atoms with Crippen LogP contribution in [0.3, 0.4) is 0 Å².